The summed E-state index contributed by atoms with van der Waals surface area (Å²) in [7, 11) is 0. The lowest BCUT2D eigenvalue weighted by molar-refractivity contribution is 0.0939. The van der Waals surface area contributed by atoms with E-state index in [0.717, 1.165) is 30.2 Å². The number of amides is 1. The van der Waals surface area contributed by atoms with Crippen LogP contribution in [0.1, 0.15) is 29.6 Å². The zero-order chi connectivity index (χ0) is 14.7. The number of hydrogen-bond donors (Lipinski definition) is 2. The van der Waals surface area contributed by atoms with Gasteiger partial charge in [0.05, 0.1) is 11.1 Å². The van der Waals surface area contributed by atoms with E-state index in [9.17, 15) is 9.90 Å². The van der Waals surface area contributed by atoms with E-state index in [0.29, 0.717) is 23.9 Å². The number of carbonyl (C=O) groups is 1. The van der Waals surface area contributed by atoms with Crippen molar-refractivity contribution >= 4 is 16.8 Å². The van der Waals surface area contributed by atoms with Gasteiger partial charge < -0.3 is 10.4 Å². The molecule has 1 aliphatic rings. The van der Waals surface area contributed by atoms with Crippen LogP contribution in [0.3, 0.4) is 0 Å². The number of fused-ring (bicyclic) bond motifs is 1. The number of nitrogens with one attached hydrogen (secondary N) is 1. The fraction of sp³-hybridized carbons (Fsp3) is 0.412. The Kier molecular flexibility index (Phi) is 4.15. The van der Waals surface area contributed by atoms with Crippen LogP contribution in [0, 0.1) is 11.8 Å². The van der Waals surface area contributed by atoms with E-state index >= 15 is 0 Å². The van der Waals surface area contributed by atoms with Crippen LogP contribution in [0.5, 0.6) is 0 Å². The fourth-order valence-electron chi connectivity index (χ4n) is 3.24. The van der Waals surface area contributed by atoms with Crippen molar-refractivity contribution in [3.63, 3.8) is 0 Å². The smallest absolute Gasteiger partial charge is 0.252 e. The monoisotopic (exact) mass is 284 g/mol. The maximum Gasteiger partial charge on any atom is 0.252 e. The molecule has 1 aliphatic carbocycles. The summed E-state index contributed by atoms with van der Waals surface area (Å²) in [5.41, 5.74) is 1.50. The predicted octanol–water partition coefficient (Wildman–Crippen LogP) is 2.37. The standard InChI is InChI=1S/C17H20N2O2/c20-11-13-5-3-4-12(13)10-19-17(21)15-8-9-18-16-7-2-1-6-14(15)16/h1-2,6-9,12-13,20H,3-5,10-11H2,(H,19,21). The van der Waals surface area contributed by atoms with Gasteiger partial charge in [0.25, 0.3) is 5.91 Å². The zero-order valence-electron chi connectivity index (χ0n) is 12.0. The van der Waals surface area contributed by atoms with Crippen molar-refractivity contribution < 1.29 is 9.90 Å². The van der Waals surface area contributed by atoms with Crippen LogP contribution < -0.4 is 5.32 Å². The summed E-state index contributed by atoms with van der Waals surface area (Å²) >= 11 is 0. The van der Waals surface area contributed by atoms with Crippen LogP contribution in [0.2, 0.25) is 0 Å². The number of nitrogens with zero attached hydrogens (tertiary/aromatic N) is 1. The molecule has 2 atom stereocenters. The number of aliphatic hydroxyl groups excluding tert-OH is 1. The molecule has 0 saturated heterocycles. The van der Waals surface area contributed by atoms with Gasteiger partial charge in [0.1, 0.15) is 0 Å². The number of benzene rings is 1. The number of aromatic nitrogens is 1. The van der Waals surface area contributed by atoms with E-state index in [2.05, 4.69) is 10.3 Å². The summed E-state index contributed by atoms with van der Waals surface area (Å²) < 4.78 is 0. The number of pyridine rings is 1. The van der Waals surface area contributed by atoms with Crippen LogP contribution in [-0.2, 0) is 0 Å². The lowest BCUT2D eigenvalue weighted by Crippen LogP contribution is -2.31. The Labute approximate surface area is 124 Å². The molecule has 1 saturated carbocycles. The van der Waals surface area contributed by atoms with Crippen molar-refractivity contribution in [2.24, 2.45) is 11.8 Å². The van der Waals surface area contributed by atoms with Crippen LogP contribution in [0.4, 0.5) is 0 Å². The van der Waals surface area contributed by atoms with E-state index in [1.54, 1.807) is 12.3 Å². The first-order chi connectivity index (χ1) is 10.3. The van der Waals surface area contributed by atoms with E-state index in [4.69, 9.17) is 0 Å². The normalized spacial score (nSPS) is 21.6. The minimum Gasteiger partial charge on any atom is -0.396 e. The molecule has 1 aromatic heterocycles. The first-order valence-electron chi connectivity index (χ1n) is 7.52. The zero-order valence-corrected chi connectivity index (χ0v) is 12.0. The summed E-state index contributed by atoms with van der Waals surface area (Å²) in [5.74, 6) is 0.670. The number of carbonyl (C=O) groups excluding carboxylic acids is 1. The van der Waals surface area contributed by atoms with Crippen molar-refractivity contribution in [1.82, 2.24) is 10.3 Å². The Balaban J connectivity index is 1.72. The van der Waals surface area contributed by atoms with Crippen molar-refractivity contribution in [2.45, 2.75) is 19.3 Å². The molecule has 4 heteroatoms. The SMILES string of the molecule is O=C(NCC1CCCC1CO)c1ccnc2ccccc12. The van der Waals surface area contributed by atoms with E-state index < -0.39 is 0 Å². The molecule has 1 heterocycles. The van der Waals surface area contributed by atoms with Gasteiger partial charge in [-0.15, -0.1) is 0 Å². The van der Waals surface area contributed by atoms with Gasteiger partial charge in [-0.3, -0.25) is 9.78 Å². The summed E-state index contributed by atoms with van der Waals surface area (Å²) in [6.45, 7) is 0.861. The molecule has 0 radical (unpaired) electrons. The first kappa shape index (κ1) is 14.0. The highest BCUT2D eigenvalue weighted by Gasteiger charge is 2.26. The largest absolute Gasteiger partial charge is 0.396 e. The van der Waals surface area contributed by atoms with Gasteiger partial charge in [0, 0.05) is 24.7 Å². The van der Waals surface area contributed by atoms with Crippen molar-refractivity contribution in [3.05, 3.63) is 42.1 Å². The molecule has 1 fully saturated rings. The molecule has 3 rings (SSSR count). The summed E-state index contributed by atoms with van der Waals surface area (Å²) in [5, 5.41) is 13.2. The van der Waals surface area contributed by atoms with Gasteiger partial charge in [0.2, 0.25) is 0 Å². The molecule has 110 valence electrons. The van der Waals surface area contributed by atoms with Gasteiger partial charge in [-0.05, 0) is 36.8 Å². The van der Waals surface area contributed by atoms with Gasteiger partial charge in [-0.1, -0.05) is 24.6 Å². The van der Waals surface area contributed by atoms with E-state index in [1.807, 2.05) is 24.3 Å². The third-order valence-corrected chi connectivity index (χ3v) is 4.47. The minimum atomic E-state index is -0.0582. The van der Waals surface area contributed by atoms with Crippen LogP contribution in [0.15, 0.2) is 36.5 Å². The number of rotatable bonds is 4. The molecule has 2 N–H and O–H groups in total. The minimum absolute atomic E-state index is 0.0582. The second-order valence-corrected chi connectivity index (χ2v) is 5.72. The summed E-state index contributed by atoms with van der Waals surface area (Å²) in [6, 6.07) is 9.42. The molecule has 0 spiro atoms. The quantitative estimate of drug-likeness (QED) is 0.906. The Morgan fingerprint density at radius 2 is 2.05 bits per heavy atom. The molecule has 4 nitrogen and oxygen atoms in total. The highest BCUT2D eigenvalue weighted by molar-refractivity contribution is 6.05. The highest BCUT2D eigenvalue weighted by atomic mass is 16.3. The van der Waals surface area contributed by atoms with Crippen LogP contribution in [-0.4, -0.2) is 29.1 Å². The Morgan fingerprint density at radius 3 is 2.90 bits per heavy atom. The molecule has 1 aromatic carbocycles. The van der Waals surface area contributed by atoms with Gasteiger partial charge >= 0.3 is 0 Å². The maximum absolute atomic E-state index is 12.4. The molecule has 0 aliphatic heterocycles. The Bertz CT molecular complexity index is 636. The fourth-order valence-corrected chi connectivity index (χ4v) is 3.24. The molecule has 2 unspecified atom stereocenters. The average Bonchev–Trinajstić information content (AvgIpc) is 2.99. The molecule has 0 bridgehead atoms. The van der Waals surface area contributed by atoms with Crippen molar-refractivity contribution in [3.8, 4) is 0 Å². The molecular formula is C17H20N2O2. The molecule has 1 amide bonds. The lowest BCUT2D eigenvalue weighted by atomic mass is 9.97. The van der Waals surface area contributed by atoms with E-state index in [1.165, 1.54) is 0 Å². The number of aliphatic hydroxyl groups is 1. The van der Waals surface area contributed by atoms with Crippen molar-refractivity contribution in [1.29, 1.82) is 0 Å². The van der Waals surface area contributed by atoms with Gasteiger partial charge in [0.15, 0.2) is 0 Å². The summed E-state index contributed by atoms with van der Waals surface area (Å²) in [4.78, 5) is 16.7. The average molecular weight is 284 g/mol. The molecule has 21 heavy (non-hydrogen) atoms. The Hall–Kier alpha value is -1.94. The summed E-state index contributed by atoms with van der Waals surface area (Å²) in [6.07, 6.45) is 4.96. The third-order valence-electron chi connectivity index (χ3n) is 4.47. The molecular weight excluding hydrogens is 264 g/mol. The second kappa shape index (κ2) is 6.22. The maximum atomic E-state index is 12.4. The number of hydrogen-bond acceptors (Lipinski definition) is 3. The second-order valence-electron chi connectivity index (χ2n) is 5.72. The molecule has 2 aromatic rings. The van der Waals surface area contributed by atoms with Crippen molar-refractivity contribution in [2.75, 3.05) is 13.2 Å². The van der Waals surface area contributed by atoms with Crippen LogP contribution in [0.25, 0.3) is 10.9 Å². The number of para-hydroxylation sites is 1. The van der Waals surface area contributed by atoms with Gasteiger partial charge in [-0.2, -0.15) is 0 Å². The highest BCUT2D eigenvalue weighted by Crippen LogP contribution is 2.30. The van der Waals surface area contributed by atoms with Crippen LogP contribution >= 0.6 is 0 Å². The van der Waals surface area contributed by atoms with Gasteiger partial charge in [-0.25, -0.2) is 0 Å². The predicted molar refractivity (Wildman–Crippen MR) is 82.0 cm³/mol. The first-order valence-corrected chi connectivity index (χ1v) is 7.52. The topological polar surface area (TPSA) is 62.2 Å². The van der Waals surface area contributed by atoms with E-state index in [-0.39, 0.29) is 12.5 Å². The Morgan fingerprint density at radius 1 is 1.24 bits per heavy atom. The lowest BCUT2D eigenvalue weighted by Gasteiger charge is -2.18. The third kappa shape index (κ3) is 2.90.